The first-order chi connectivity index (χ1) is 15.5. The van der Waals surface area contributed by atoms with E-state index in [0.717, 1.165) is 29.8 Å². The van der Waals surface area contributed by atoms with E-state index >= 15 is 0 Å². The highest BCUT2D eigenvalue weighted by Gasteiger charge is 2.39. The first-order valence-electron chi connectivity index (χ1n) is 11.0. The van der Waals surface area contributed by atoms with Gasteiger partial charge in [-0.25, -0.2) is 4.79 Å². The number of para-hydroxylation sites is 1. The number of hydrogen-bond donors (Lipinski definition) is 1. The molecule has 0 bridgehead atoms. The molecule has 1 fully saturated rings. The highest BCUT2D eigenvalue weighted by Crippen LogP contribution is 2.25. The van der Waals surface area contributed by atoms with E-state index in [0.29, 0.717) is 17.6 Å². The Kier molecular flexibility index (Phi) is 8.01. The van der Waals surface area contributed by atoms with Crippen molar-refractivity contribution in [2.75, 3.05) is 32.0 Å². The number of likely N-dealkylation sites (tertiary alicyclic amines) is 1. The molecule has 1 N–H and O–H groups in total. The second-order valence-electron chi connectivity index (χ2n) is 8.67. The van der Waals surface area contributed by atoms with Crippen molar-refractivity contribution in [2.45, 2.75) is 26.0 Å². The Labute approximate surface area is 196 Å². The summed E-state index contributed by atoms with van der Waals surface area (Å²) in [7, 11) is 2.06. The van der Waals surface area contributed by atoms with Crippen LogP contribution in [0.5, 0.6) is 0 Å². The molecular formula is C28H33N2O3+. The standard InChI is InChI=1S/C27H29N2O3.CH4/c1-29(20-25(30)21-11-5-2-6-12-21)18-17-24(19-29)32-27(31)26(22-13-7-3-8-14-22)28-23-15-9-4-10-16-23;/h2-16,24,26,28H,17-20H2,1H3;1H4/q+1;/t24-,26?,29?;/m1./s1. The van der Waals surface area contributed by atoms with Crippen LogP contribution < -0.4 is 5.32 Å². The number of ether oxygens (including phenoxy) is 1. The third-order valence-corrected chi connectivity index (χ3v) is 5.99. The first-order valence-corrected chi connectivity index (χ1v) is 11.0. The zero-order valence-electron chi connectivity index (χ0n) is 18.3. The fourth-order valence-corrected chi connectivity index (χ4v) is 4.29. The highest BCUT2D eigenvalue weighted by atomic mass is 16.5. The summed E-state index contributed by atoms with van der Waals surface area (Å²) < 4.78 is 6.53. The lowest BCUT2D eigenvalue weighted by molar-refractivity contribution is -0.890. The molecule has 0 radical (unpaired) electrons. The number of hydrogen-bond acceptors (Lipinski definition) is 4. The lowest BCUT2D eigenvalue weighted by atomic mass is 10.1. The fourth-order valence-electron chi connectivity index (χ4n) is 4.29. The Morgan fingerprint density at radius 1 is 0.939 bits per heavy atom. The molecule has 1 heterocycles. The summed E-state index contributed by atoms with van der Waals surface area (Å²) in [4.78, 5) is 25.9. The van der Waals surface area contributed by atoms with Crippen molar-refractivity contribution < 1.29 is 18.8 Å². The minimum Gasteiger partial charge on any atom is -0.454 e. The van der Waals surface area contributed by atoms with Gasteiger partial charge in [-0.1, -0.05) is 86.3 Å². The normalized spacial score (nSPS) is 20.3. The maximum absolute atomic E-state index is 13.2. The molecule has 33 heavy (non-hydrogen) atoms. The van der Waals surface area contributed by atoms with Gasteiger partial charge in [0.2, 0.25) is 5.78 Å². The molecule has 1 saturated heterocycles. The smallest absolute Gasteiger partial charge is 0.333 e. The molecule has 3 aromatic carbocycles. The lowest BCUT2D eigenvalue weighted by Gasteiger charge is -2.29. The topological polar surface area (TPSA) is 55.4 Å². The van der Waals surface area contributed by atoms with Crippen molar-refractivity contribution in [1.29, 1.82) is 0 Å². The van der Waals surface area contributed by atoms with Crippen molar-refractivity contribution in [2.24, 2.45) is 0 Å². The molecule has 172 valence electrons. The minimum atomic E-state index is -0.594. The fraction of sp³-hybridized carbons (Fsp3) is 0.286. The van der Waals surface area contributed by atoms with E-state index in [1.165, 1.54) is 0 Å². The molecule has 1 aliphatic rings. The van der Waals surface area contributed by atoms with E-state index in [4.69, 9.17) is 4.74 Å². The van der Waals surface area contributed by atoms with Crippen LogP contribution in [-0.4, -0.2) is 49.0 Å². The van der Waals surface area contributed by atoms with Crippen LogP contribution in [0.15, 0.2) is 91.0 Å². The van der Waals surface area contributed by atoms with Gasteiger partial charge in [0.1, 0.15) is 13.1 Å². The van der Waals surface area contributed by atoms with Crippen molar-refractivity contribution >= 4 is 17.4 Å². The number of esters is 1. The van der Waals surface area contributed by atoms with Crippen molar-refractivity contribution in [1.82, 2.24) is 0 Å². The second kappa shape index (κ2) is 10.9. The number of Topliss-reactive ketones (excluding diaryl/α,β-unsaturated/α-hetero) is 1. The Morgan fingerprint density at radius 3 is 2.15 bits per heavy atom. The predicted molar refractivity (Wildman–Crippen MR) is 132 cm³/mol. The summed E-state index contributed by atoms with van der Waals surface area (Å²) in [5.41, 5.74) is 2.44. The van der Waals surface area contributed by atoms with E-state index in [-0.39, 0.29) is 25.3 Å². The van der Waals surface area contributed by atoms with Crippen LogP contribution in [0.4, 0.5) is 5.69 Å². The van der Waals surface area contributed by atoms with Gasteiger partial charge in [-0.05, 0) is 17.7 Å². The van der Waals surface area contributed by atoms with Crippen LogP contribution in [0.1, 0.15) is 35.8 Å². The second-order valence-corrected chi connectivity index (χ2v) is 8.67. The van der Waals surface area contributed by atoms with Crippen LogP contribution in [0.25, 0.3) is 0 Å². The number of carbonyl (C=O) groups excluding carboxylic acids is 2. The number of rotatable bonds is 8. The Hall–Kier alpha value is -3.44. The molecular weight excluding hydrogens is 412 g/mol. The zero-order valence-corrected chi connectivity index (χ0v) is 18.3. The van der Waals surface area contributed by atoms with Crippen LogP contribution in [-0.2, 0) is 9.53 Å². The van der Waals surface area contributed by atoms with Gasteiger partial charge in [0.05, 0.1) is 13.6 Å². The summed E-state index contributed by atoms with van der Waals surface area (Å²) >= 11 is 0. The van der Waals surface area contributed by atoms with Gasteiger partial charge < -0.3 is 14.5 Å². The Bertz CT molecular complexity index is 1040. The number of nitrogens with zero attached hydrogens (tertiary/aromatic N) is 1. The third kappa shape index (κ3) is 6.30. The van der Waals surface area contributed by atoms with Crippen LogP contribution in [0, 0.1) is 0 Å². The van der Waals surface area contributed by atoms with Crippen LogP contribution in [0.3, 0.4) is 0 Å². The first kappa shape index (κ1) is 24.2. The molecule has 5 heteroatoms. The number of benzene rings is 3. The summed E-state index contributed by atoms with van der Waals surface area (Å²) in [5.74, 6) is -0.180. The van der Waals surface area contributed by atoms with E-state index in [1.807, 2.05) is 91.0 Å². The Balaban J connectivity index is 0.00000306. The third-order valence-electron chi connectivity index (χ3n) is 5.99. The SMILES string of the molecule is C.C[N+]1(CC(=O)c2ccccc2)CC[C@@H](OC(=O)C(Nc2ccccc2)c2ccccc2)C1. The molecule has 0 aliphatic carbocycles. The number of carbonyl (C=O) groups is 2. The van der Waals surface area contributed by atoms with E-state index in [1.54, 1.807) is 0 Å². The highest BCUT2D eigenvalue weighted by molar-refractivity contribution is 5.96. The van der Waals surface area contributed by atoms with Crippen LogP contribution >= 0.6 is 0 Å². The molecule has 4 rings (SSSR count). The maximum Gasteiger partial charge on any atom is 0.333 e. The molecule has 2 unspecified atom stereocenters. The molecule has 3 aromatic rings. The zero-order chi connectivity index (χ0) is 22.4. The summed E-state index contributed by atoms with van der Waals surface area (Å²) in [6.45, 7) is 1.85. The van der Waals surface area contributed by atoms with Gasteiger partial charge in [0, 0.05) is 17.7 Å². The summed E-state index contributed by atoms with van der Waals surface area (Å²) in [5, 5.41) is 3.31. The van der Waals surface area contributed by atoms with Gasteiger partial charge in [0.15, 0.2) is 12.1 Å². The molecule has 1 aliphatic heterocycles. The van der Waals surface area contributed by atoms with Crippen molar-refractivity contribution in [3.05, 3.63) is 102 Å². The number of nitrogens with one attached hydrogen (secondary N) is 1. The van der Waals surface area contributed by atoms with Gasteiger partial charge >= 0.3 is 5.97 Å². The molecule has 0 saturated carbocycles. The minimum absolute atomic E-state index is 0. The number of likely N-dealkylation sites (N-methyl/N-ethyl adjacent to an activating group) is 1. The predicted octanol–water partition coefficient (Wildman–Crippen LogP) is 5.12. The number of quaternary nitrogens is 1. The number of ketones is 1. The molecule has 3 atom stereocenters. The molecule has 0 amide bonds. The van der Waals surface area contributed by atoms with Gasteiger partial charge in [-0.3, -0.25) is 4.79 Å². The molecule has 0 spiro atoms. The lowest BCUT2D eigenvalue weighted by Crippen LogP contribution is -2.46. The molecule has 0 aromatic heterocycles. The van der Waals surface area contributed by atoms with Gasteiger partial charge in [-0.2, -0.15) is 0 Å². The largest absolute Gasteiger partial charge is 0.454 e. The van der Waals surface area contributed by atoms with Crippen molar-refractivity contribution in [3.8, 4) is 0 Å². The average molecular weight is 446 g/mol. The Morgan fingerprint density at radius 2 is 1.52 bits per heavy atom. The van der Waals surface area contributed by atoms with Gasteiger partial charge in [0.25, 0.3) is 0 Å². The van der Waals surface area contributed by atoms with E-state index in [9.17, 15) is 9.59 Å². The summed E-state index contributed by atoms with van der Waals surface area (Å²) in [6.07, 6.45) is 0.539. The van der Waals surface area contributed by atoms with Gasteiger partial charge in [-0.15, -0.1) is 0 Å². The van der Waals surface area contributed by atoms with Crippen LogP contribution in [0.2, 0.25) is 0 Å². The quantitative estimate of drug-likeness (QED) is 0.297. The maximum atomic E-state index is 13.2. The van der Waals surface area contributed by atoms with E-state index < -0.39 is 6.04 Å². The average Bonchev–Trinajstić information content (AvgIpc) is 3.19. The number of anilines is 1. The van der Waals surface area contributed by atoms with Crippen molar-refractivity contribution in [3.63, 3.8) is 0 Å². The molecule has 5 nitrogen and oxygen atoms in total. The summed E-state index contributed by atoms with van der Waals surface area (Å²) in [6, 6.07) is 28.1. The van der Waals surface area contributed by atoms with E-state index in [2.05, 4.69) is 12.4 Å². The monoisotopic (exact) mass is 445 g/mol.